The van der Waals surface area contributed by atoms with Crippen LogP contribution in [0.15, 0.2) is 18.2 Å². The van der Waals surface area contributed by atoms with E-state index in [1.807, 2.05) is 6.07 Å². The van der Waals surface area contributed by atoms with Gasteiger partial charge >= 0.3 is 0 Å². The fourth-order valence-electron chi connectivity index (χ4n) is 2.99. The second kappa shape index (κ2) is 6.13. The van der Waals surface area contributed by atoms with E-state index in [0.29, 0.717) is 0 Å². The molecule has 1 atom stereocenters. The minimum Gasteiger partial charge on any atom is -0.368 e. The van der Waals surface area contributed by atoms with Gasteiger partial charge in [0.1, 0.15) is 5.82 Å². The van der Waals surface area contributed by atoms with Crippen LogP contribution in [0.25, 0.3) is 0 Å². The fraction of sp³-hybridized carbons (Fsp3) is 0.647. The Morgan fingerprint density at radius 1 is 1.40 bits per heavy atom. The zero-order valence-corrected chi connectivity index (χ0v) is 13.2. The predicted octanol–water partition coefficient (Wildman–Crippen LogP) is 4.12. The molecule has 20 heavy (non-hydrogen) atoms. The highest BCUT2D eigenvalue weighted by molar-refractivity contribution is 5.57. The van der Waals surface area contributed by atoms with Crippen LogP contribution in [0.2, 0.25) is 0 Å². The minimum atomic E-state index is -0.0923. The number of para-hydroxylation sites is 1. The molecule has 1 saturated heterocycles. The smallest absolute Gasteiger partial charge is 0.146 e. The summed E-state index contributed by atoms with van der Waals surface area (Å²) in [4.78, 5) is 2.22. The first kappa shape index (κ1) is 15.3. The van der Waals surface area contributed by atoms with E-state index >= 15 is 0 Å². The third kappa shape index (κ3) is 3.32. The van der Waals surface area contributed by atoms with Gasteiger partial charge in [0.25, 0.3) is 0 Å². The molecule has 1 aromatic carbocycles. The van der Waals surface area contributed by atoms with E-state index in [2.05, 4.69) is 44.0 Å². The summed E-state index contributed by atoms with van der Waals surface area (Å²) >= 11 is 0. The zero-order valence-electron chi connectivity index (χ0n) is 13.2. The third-order valence-corrected chi connectivity index (χ3v) is 4.18. The summed E-state index contributed by atoms with van der Waals surface area (Å²) in [7, 11) is 0. The van der Waals surface area contributed by atoms with Crippen molar-refractivity contribution in [3.8, 4) is 0 Å². The molecular weight excluding hydrogens is 251 g/mol. The van der Waals surface area contributed by atoms with E-state index in [9.17, 15) is 4.39 Å². The SMILES string of the molecule is CCCNC(C)c1cccc(F)c1N1CCC(C)(C)C1. The van der Waals surface area contributed by atoms with Crippen LogP contribution in [-0.4, -0.2) is 19.6 Å². The molecule has 1 aliphatic rings. The van der Waals surface area contributed by atoms with Gasteiger partial charge in [-0.15, -0.1) is 0 Å². The molecule has 3 heteroatoms. The summed E-state index contributed by atoms with van der Waals surface area (Å²) in [6.45, 7) is 11.6. The van der Waals surface area contributed by atoms with Crippen LogP contribution in [0.5, 0.6) is 0 Å². The van der Waals surface area contributed by atoms with Gasteiger partial charge in [0, 0.05) is 19.1 Å². The maximum atomic E-state index is 14.4. The molecule has 0 amide bonds. The summed E-state index contributed by atoms with van der Waals surface area (Å²) in [5.74, 6) is -0.0923. The van der Waals surface area contributed by atoms with Crippen molar-refractivity contribution in [1.29, 1.82) is 0 Å². The topological polar surface area (TPSA) is 15.3 Å². The van der Waals surface area contributed by atoms with E-state index in [1.165, 1.54) is 0 Å². The highest BCUT2D eigenvalue weighted by Gasteiger charge is 2.32. The lowest BCUT2D eigenvalue weighted by Gasteiger charge is -2.27. The van der Waals surface area contributed by atoms with Crippen LogP contribution in [-0.2, 0) is 0 Å². The lowest BCUT2D eigenvalue weighted by atomic mass is 9.93. The number of rotatable bonds is 5. The highest BCUT2D eigenvalue weighted by atomic mass is 19.1. The van der Waals surface area contributed by atoms with Crippen LogP contribution >= 0.6 is 0 Å². The zero-order chi connectivity index (χ0) is 14.8. The van der Waals surface area contributed by atoms with Gasteiger partial charge in [-0.25, -0.2) is 4.39 Å². The molecule has 1 heterocycles. The highest BCUT2D eigenvalue weighted by Crippen LogP contribution is 2.37. The molecule has 1 N–H and O–H groups in total. The summed E-state index contributed by atoms with van der Waals surface area (Å²) < 4.78 is 14.4. The molecule has 2 rings (SSSR count). The number of nitrogens with one attached hydrogen (secondary N) is 1. The normalized spacial score (nSPS) is 19.4. The Morgan fingerprint density at radius 3 is 2.75 bits per heavy atom. The van der Waals surface area contributed by atoms with Crippen LogP contribution in [0.4, 0.5) is 10.1 Å². The van der Waals surface area contributed by atoms with Crippen LogP contribution in [0, 0.1) is 11.2 Å². The fourth-order valence-corrected chi connectivity index (χ4v) is 2.99. The molecule has 1 unspecified atom stereocenters. The third-order valence-electron chi connectivity index (χ3n) is 4.18. The standard InChI is InChI=1S/C17H27FN2/c1-5-10-19-13(2)14-7-6-8-15(18)16(14)20-11-9-17(3,4)12-20/h6-8,13,19H,5,9-12H2,1-4H3. The molecule has 112 valence electrons. The molecule has 0 radical (unpaired) electrons. The first-order chi connectivity index (χ1) is 9.44. The number of nitrogens with zero attached hydrogens (tertiary/aromatic N) is 1. The van der Waals surface area contributed by atoms with Crippen molar-refractivity contribution in [3.05, 3.63) is 29.6 Å². The largest absolute Gasteiger partial charge is 0.368 e. The van der Waals surface area contributed by atoms with Crippen LogP contribution in [0.1, 0.15) is 52.1 Å². The van der Waals surface area contributed by atoms with Crippen LogP contribution in [0.3, 0.4) is 0 Å². The molecule has 1 fully saturated rings. The molecule has 0 bridgehead atoms. The summed E-state index contributed by atoms with van der Waals surface area (Å²) in [5, 5.41) is 3.47. The Balaban J connectivity index is 2.27. The van der Waals surface area contributed by atoms with Gasteiger partial charge in [-0.2, -0.15) is 0 Å². The molecule has 2 nitrogen and oxygen atoms in total. The number of hydrogen-bond acceptors (Lipinski definition) is 2. The predicted molar refractivity (Wildman–Crippen MR) is 83.7 cm³/mol. The molecule has 0 spiro atoms. The first-order valence-electron chi connectivity index (χ1n) is 7.71. The van der Waals surface area contributed by atoms with Gasteiger partial charge in [-0.1, -0.05) is 32.9 Å². The molecule has 1 aromatic rings. The molecular formula is C17H27FN2. The van der Waals surface area contributed by atoms with Gasteiger partial charge < -0.3 is 10.2 Å². The molecule has 0 aliphatic carbocycles. The van der Waals surface area contributed by atoms with Gasteiger partial charge in [0.2, 0.25) is 0 Å². The quantitative estimate of drug-likeness (QED) is 0.871. The molecule has 0 aromatic heterocycles. The lowest BCUT2D eigenvalue weighted by molar-refractivity contribution is 0.418. The van der Waals surface area contributed by atoms with Crippen molar-refractivity contribution < 1.29 is 4.39 Å². The first-order valence-corrected chi connectivity index (χ1v) is 7.71. The Hall–Kier alpha value is -1.09. The molecule has 0 saturated carbocycles. The number of halogens is 1. The average Bonchev–Trinajstić information content (AvgIpc) is 2.75. The van der Waals surface area contributed by atoms with E-state index in [-0.39, 0.29) is 17.3 Å². The van der Waals surface area contributed by atoms with Crippen molar-refractivity contribution in [2.24, 2.45) is 5.41 Å². The summed E-state index contributed by atoms with van der Waals surface area (Å²) in [6.07, 6.45) is 2.21. The van der Waals surface area contributed by atoms with Crippen LogP contribution < -0.4 is 10.2 Å². The van der Waals surface area contributed by atoms with Crippen molar-refractivity contribution in [1.82, 2.24) is 5.32 Å². The van der Waals surface area contributed by atoms with Crippen molar-refractivity contribution in [2.45, 2.75) is 46.6 Å². The average molecular weight is 278 g/mol. The Labute approximate surface area is 122 Å². The van der Waals surface area contributed by atoms with Crippen molar-refractivity contribution >= 4 is 5.69 Å². The Morgan fingerprint density at radius 2 is 2.15 bits per heavy atom. The second-order valence-electron chi connectivity index (χ2n) is 6.69. The van der Waals surface area contributed by atoms with Crippen molar-refractivity contribution in [2.75, 3.05) is 24.5 Å². The number of anilines is 1. The van der Waals surface area contributed by atoms with Gasteiger partial charge in [0.15, 0.2) is 0 Å². The van der Waals surface area contributed by atoms with Gasteiger partial charge in [0.05, 0.1) is 5.69 Å². The monoisotopic (exact) mass is 278 g/mol. The van der Waals surface area contributed by atoms with E-state index < -0.39 is 0 Å². The maximum Gasteiger partial charge on any atom is 0.146 e. The maximum absolute atomic E-state index is 14.4. The summed E-state index contributed by atoms with van der Waals surface area (Å²) in [6, 6.07) is 5.64. The Bertz CT molecular complexity index is 456. The van der Waals surface area contributed by atoms with E-state index in [1.54, 1.807) is 6.07 Å². The minimum absolute atomic E-state index is 0.0923. The van der Waals surface area contributed by atoms with Crippen molar-refractivity contribution in [3.63, 3.8) is 0 Å². The number of benzene rings is 1. The van der Waals surface area contributed by atoms with Gasteiger partial charge in [-0.3, -0.25) is 0 Å². The number of hydrogen-bond donors (Lipinski definition) is 1. The Kier molecular flexibility index (Phi) is 4.69. The second-order valence-corrected chi connectivity index (χ2v) is 6.69. The summed E-state index contributed by atoms with van der Waals surface area (Å²) in [5.41, 5.74) is 2.16. The molecule has 1 aliphatic heterocycles. The lowest BCUT2D eigenvalue weighted by Crippen LogP contribution is -2.27. The van der Waals surface area contributed by atoms with E-state index in [4.69, 9.17) is 0 Å². The van der Waals surface area contributed by atoms with Gasteiger partial charge in [-0.05, 0) is 43.4 Å². The van der Waals surface area contributed by atoms with E-state index in [0.717, 1.165) is 43.7 Å².